The summed E-state index contributed by atoms with van der Waals surface area (Å²) in [5, 5.41) is 11.1. The van der Waals surface area contributed by atoms with Gasteiger partial charge < -0.3 is 26.2 Å². The van der Waals surface area contributed by atoms with Gasteiger partial charge in [-0.25, -0.2) is 4.79 Å². The van der Waals surface area contributed by atoms with E-state index >= 15 is 0 Å². The van der Waals surface area contributed by atoms with Gasteiger partial charge in [-0.15, -0.1) is 6.58 Å². The van der Waals surface area contributed by atoms with Crippen LogP contribution >= 0.6 is 0 Å². The van der Waals surface area contributed by atoms with Gasteiger partial charge in [-0.05, 0) is 40.4 Å². The van der Waals surface area contributed by atoms with E-state index in [9.17, 15) is 32.4 Å². The van der Waals surface area contributed by atoms with Crippen LogP contribution in [0.15, 0.2) is 12.7 Å². The molecule has 51 heavy (non-hydrogen) atoms. The average Bonchev–Trinajstić information content (AvgIpc) is 3.31. The highest BCUT2D eigenvalue weighted by Gasteiger charge is 2.70. The minimum atomic E-state index is -3.75. The van der Waals surface area contributed by atoms with Crippen molar-refractivity contribution in [1.29, 1.82) is 0 Å². The number of ketones is 1. The summed E-state index contributed by atoms with van der Waals surface area (Å²) in [5.41, 5.74) is -1.56. The Labute approximate surface area is 306 Å². The third-order valence-corrected chi connectivity index (χ3v) is 12.3. The molecule has 0 bridgehead atoms. The summed E-state index contributed by atoms with van der Waals surface area (Å²) >= 11 is 0. The normalized spacial score (nSPS) is 22.3. The summed E-state index contributed by atoms with van der Waals surface area (Å²) in [4.78, 5) is 69.8. The van der Waals surface area contributed by atoms with Crippen molar-refractivity contribution >= 4 is 39.7 Å². The van der Waals surface area contributed by atoms with Gasteiger partial charge in [0.2, 0.25) is 17.6 Å². The van der Waals surface area contributed by atoms with Crippen molar-refractivity contribution in [2.24, 2.45) is 34.0 Å². The predicted octanol–water partition coefficient (Wildman–Crippen LogP) is 2.52. The lowest BCUT2D eigenvalue weighted by Crippen LogP contribution is -2.63. The standard InChI is InChI=1S/C36H65N7O7S/c1-15-17-22(3)19-24(28(44)31(46)37-18-16-2)38-30(45)27-26-23(36(26,10)11)20-43(27)32(47)29(35(7,8)9)40-33(48)39-25(34(4,5)6)21-42(14)51(49,50)41(12)13/h16,22-27,29H,2,15,17-21H2,1,3-14H3,(H,37,46)(H,38,45)(H2,39,40,48)/t22?,23-,24?,25+,26-,27-,29+/m0/s1. The fraction of sp³-hybridized carbons (Fsp3) is 0.806. The van der Waals surface area contributed by atoms with E-state index in [1.807, 2.05) is 69.2 Å². The molecule has 5 amide bonds. The van der Waals surface area contributed by atoms with E-state index in [1.165, 1.54) is 36.4 Å². The zero-order valence-corrected chi connectivity index (χ0v) is 34.0. The second kappa shape index (κ2) is 16.7. The van der Waals surface area contributed by atoms with Crippen molar-refractivity contribution < 1.29 is 32.4 Å². The number of carbonyl (C=O) groups is 5. The third kappa shape index (κ3) is 10.8. The van der Waals surface area contributed by atoms with Gasteiger partial charge in [0.1, 0.15) is 12.1 Å². The smallest absolute Gasteiger partial charge is 0.315 e. The molecule has 2 unspecified atom stereocenters. The highest BCUT2D eigenvalue weighted by molar-refractivity contribution is 7.86. The number of piperidine rings is 1. The van der Waals surface area contributed by atoms with Crippen LogP contribution in [0.3, 0.4) is 0 Å². The first-order chi connectivity index (χ1) is 23.2. The molecule has 292 valence electrons. The number of rotatable bonds is 17. The lowest BCUT2D eigenvalue weighted by atomic mass is 9.85. The van der Waals surface area contributed by atoms with Gasteiger partial charge in [-0.1, -0.05) is 88.2 Å². The van der Waals surface area contributed by atoms with Gasteiger partial charge in [-0.2, -0.15) is 17.0 Å². The lowest BCUT2D eigenvalue weighted by molar-refractivity contribution is -0.145. The van der Waals surface area contributed by atoms with Crippen LogP contribution in [0.4, 0.5) is 4.79 Å². The Kier molecular flexibility index (Phi) is 14.5. The van der Waals surface area contributed by atoms with E-state index < -0.39 is 74.7 Å². The fourth-order valence-electron chi connectivity index (χ4n) is 7.04. The van der Waals surface area contributed by atoms with E-state index in [1.54, 1.807) is 0 Å². The second-order valence-corrected chi connectivity index (χ2v) is 19.6. The molecule has 1 heterocycles. The van der Waals surface area contributed by atoms with Crippen molar-refractivity contribution in [3.8, 4) is 0 Å². The topological polar surface area (TPSA) is 177 Å². The van der Waals surface area contributed by atoms with Crippen LogP contribution in [0.1, 0.15) is 88.5 Å². The largest absolute Gasteiger partial charge is 0.346 e. The number of hydrogen-bond acceptors (Lipinski definition) is 7. The van der Waals surface area contributed by atoms with E-state index in [-0.39, 0.29) is 42.7 Å². The molecular formula is C36H65N7O7S. The molecule has 1 aliphatic carbocycles. The maximum Gasteiger partial charge on any atom is 0.315 e. The number of hydrogen-bond donors (Lipinski definition) is 4. The number of likely N-dealkylation sites (N-methyl/N-ethyl adjacent to an activating group) is 1. The van der Waals surface area contributed by atoms with Crippen molar-refractivity contribution in [3.63, 3.8) is 0 Å². The minimum absolute atomic E-state index is 0.0131. The molecule has 14 nitrogen and oxygen atoms in total. The van der Waals surface area contributed by atoms with E-state index in [0.29, 0.717) is 6.54 Å². The molecule has 1 aliphatic heterocycles. The summed E-state index contributed by atoms with van der Waals surface area (Å²) in [6, 6.07) is -4.31. The number of amides is 5. The first-order valence-corrected chi connectivity index (χ1v) is 19.4. The van der Waals surface area contributed by atoms with Crippen molar-refractivity contribution in [3.05, 3.63) is 12.7 Å². The molecule has 0 aromatic carbocycles. The fourth-order valence-corrected chi connectivity index (χ4v) is 7.93. The van der Waals surface area contributed by atoms with Crippen LogP contribution in [-0.2, 0) is 29.4 Å². The highest BCUT2D eigenvalue weighted by Crippen LogP contribution is 2.65. The number of fused-ring (bicyclic) bond motifs is 1. The van der Waals surface area contributed by atoms with Crippen LogP contribution in [-0.4, -0.2) is 116 Å². The molecular weight excluding hydrogens is 675 g/mol. The quantitative estimate of drug-likeness (QED) is 0.131. The Bertz CT molecular complexity index is 1420. The molecule has 0 aromatic rings. The molecule has 2 aliphatic rings. The average molecular weight is 740 g/mol. The molecule has 7 atom stereocenters. The summed E-state index contributed by atoms with van der Waals surface area (Å²) in [6.07, 6.45) is 3.41. The molecule has 0 radical (unpaired) electrons. The molecule has 0 aromatic heterocycles. The molecule has 2 fully saturated rings. The molecule has 15 heteroatoms. The molecule has 4 N–H and O–H groups in total. The highest BCUT2D eigenvalue weighted by atomic mass is 32.2. The Balaban J connectivity index is 2.38. The third-order valence-electron chi connectivity index (χ3n) is 10.5. The monoisotopic (exact) mass is 739 g/mol. The van der Waals surface area contributed by atoms with E-state index in [2.05, 4.69) is 27.8 Å². The van der Waals surface area contributed by atoms with Crippen LogP contribution in [0.2, 0.25) is 0 Å². The summed E-state index contributed by atoms with van der Waals surface area (Å²) in [7, 11) is 0.556. The van der Waals surface area contributed by atoms with Crippen LogP contribution in [0.5, 0.6) is 0 Å². The minimum Gasteiger partial charge on any atom is -0.346 e. The lowest BCUT2D eigenvalue weighted by Gasteiger charge is -2.39. The number of nitrogens with zero attached hydrogens (tertiary/aromatic N) is 3. The Morgan fingerprint density at radius 3 is 2.06 bits per heavy atom. The molecule has 1 saturated carbocycles. The number of carbonyl (C=O) groups excluding carboxylic acids is 5. The van der Waals surface area contributed by atoms with E-state index in [4.69, 9.17) is 0 Å². The first-order valence-electron chi connectivity index (χ1n) is 18.0. The van der Waals surface area contributed by atoms with Gasteiger partial charge in [0, 0.05) is 46.8 Å². The Hall–Kier alpha value is -3.04. The molecule has 2 rings (SSSR count). The molecule has 1 saturated heterocycles. The number of urea groups is 1. The first kappa shape index (κ1) is 44.1. The van der Waals surface area contributed by atoms with Gasteiger partial charge >= 0.3 is 6.03 Å². The van der Waals surface area contributed by atoms with Crippen molar-refractivity contribution in [2.75, 3.05) is 40.8 Å². The SMILES string of the molecule is C=CCNC(=O)C(=O)C(CC(C)CCC)NC(=O)[C@@H]1[C@@H]2[C@H](CN1C(=O)[C@@H](NC(=O)N[C@H](CN(C)S(=O)(=O)N(C)C)C(C)(C)C)C(C)(C)C)C2(C)C. The second-order valence-electron chi connectivity index (χ2n) is 17.3. The van der Waals surface area contributed by atoms with E-state index in [0.717, 1.165) is 17.1 Å². The summed E-state index contributed by atoms with van der Waals surface area (Å²) in [5.74, 6) is -2.59. The Morgan fingerprint density at radius 2 is 1.57 bits per heavy atom. The number of nitrogens with one attached hydrogen (secondary N) is 4. The maximum absolute atomic E-state index is 14.5. The molecule has 0 spiro atoms. The number of Topliss-reactive ketones (excluding diaryl/α,β-unsaturated/α-hetero) is 1. The predicted molar refractivity (Wildman–Crippen MR) is 198 cm³/mol. The van der Waals surface area contributed by atoms with Crippen LogP contribution in [0.25, 0.3) is 0 Å². The summed E-state index contributed by atoms with van der Waals surface area (Å²) in [6.45, 7) is 23.1. The van der Waals surface area contributed by atoms with Crippen molar-refractivity contribution in [1.82, 2.24) is 34.8 Å². The van der Waals surface area contributed by atoms with Gasteiger partial charge in [0.05, 0.1) is 6.04 Å². The zero-order valence-electron chi connectivity index (χ0n) is 33.2. The van der Waals surface area contributed by atoms with Crippen molar-refractivity contribution in [2.45, 2.75) is 113 Å². The zero-order chi connectivity index (χ0) is 39.4. The van der Waals surface area contributed by atoms with Gasteiger partial charge in [0.25, 0.3) is 16.1 Å². The number of likely N-dealkylation sites (tertiary alicyclic amines) is 1. The van der Waals surface area contributed by atoms with Crippen LogP contribution in [0, 0.1) is 34.0 Å². The maximum atomic E-state index is 14.5. The van der Waals surface area contributed by atoms with Gasteiger partial charge in [-0.3, -0.25) is 19.2 Å². The van der Waals surface area contributed by atoms with Crippen LogP contribution < -0.4 is 21.3 Å². The van der Waals surface area contributed by atoms with Gasteiger partial charge in [0.15, 0.2) is 0 Å². The summed E-state index contributed by atoms with van der Waals surface area (Å²) < 4.78 is 27.8. The Morgan fingerprint density at radius 1 is 0.980 bits per heavy atom.